The Hall–Kier alpha value is -7.96. The normalized spacial score (nSPS) is 13.9. The molecule has 70 heavy (non-hydrogen) atoms. The molecular formula is C51H47ClF4N8O6. The topological polar surface area (TPSA) is 192 Å². The van der Waals surface area contributed by atoms with E-state index in [9.17, 15) is 36.7 Å². The Kier molecular flexibility index (Phi) is 17.5. The maximum atomic E-state index is 14.6. The van der Waals surface area contributed by atoms with Crippen LogP contribution in [-0.2, 0) is 35.5 Å². The van der Waals surface area contributed by atoms with Crippen LogP contribution in [0, 0.1) is 37.1 Å². The number of amides is 3. The Bertz CT molecular complexity index is 2970. The molecule has 0 unspecified atom stereocenters. The molecule has 0 saturated heterocycles. The van der Waals surface area contributed by atoms with Gasteiger partial charge in [-0.2, -0.15) is 0 Å². The summed E-state index contributed by atoms with van der Waals surface area (Å²) in [6.45, 7) is 3.38. The molecule has 3 aromatic heterocycles. The first-order chi connectivity index (χ1) is 33.2. The molecule has 0 bridgehead atoms. The summed E-state index contributed by atoms with van der Waals surface area (Å²) >= 11 is 0. The highest BCUT2D eigenvalue weighted by molar-refractivity contribution is 6.06. The number of nitrogens with zero attached hydrogens (tertiary/aromatic N) is 4. The molecule has 0 fully saturated rings. The highest BCUT2D eigenvalue weighted by Crippen LogP contribution is 2.37. The molecule has 2 aliphatic carbocycles. The summed E-state index contributed by atoms with van der Waals surface area (Å²) in [5, 5.41) is 8.12. The van der Waals surface area contributed by atoms with Crippen molar-refractivity contribution in [2.45, 2.75) is 64.8 Å². The van der Waals surface area contributed by atoms with Gasteiger partial charge in [-0.15, -0.1) is 12.4 Å². The molecule has 362 valence electrons. The smallest absolute Gasteiger partial charge is 0.419 e. The van der Waals surface area contributed by atoms with E-state index in [4.69, 9.17) is 15.2 Å². The number of pyridine rings is 2. The number of fused-ring (bicyclic) bond motifs is 2. The SMILES string of the molecule is Cc1cc(NC(=O)c2ccc(F)c3c2CC[C@@H]3N)ccc1F.Cc1cc(NC(=O)c2ccc(F)c3c2CC[C@@H]3NC(=O)OCc2ccccn2)ccc1F.Cl.O=C(OCc1ccccn1)n1ccnc1. The Morgan fingerprint density at radius 3 is 1.69 bits per heavy atom. The zero-order valence-corrected chi connectivity index (χ0v) is 38.6. The van der Waals surface area contributed by atoms with E-state index in [0.29, 0.717) is 87.4 Å². The number of hydrogen-bond acceptors (Lipinski definition) is 10. The Balaban J connectivity index is 0.000000183. The zero-order valence-electron chi connectivity index (χ0n) is 37.8. The first-order valence-corrected chi connectivity index (χ1v) is 21.7. The van der Waals surface area contributed by atoms with E-state index in [1.807, 2.05) is 6.07 Å². The van der Waals surface area contributed by atoms with Gasteiger partial charge in [0.25, 0.3) is 11.8 Å². The van der Waals surface area contributed by atoms with Crippen LogP contribution in [0.2, 0.25) is 0 Å². The van der Waals surface area contributed by atoms with Crippen LogP contribution in [0.4, 0.5) is 38.5 Å². The lowest BCUT2D eigenvalue weighted by Crippen LogP contribution is -2.28. The predicted molar refractivity (Wildman–Crippen MR) is 254 cm³/mol. The van der Waals surface area contributed by atoms with E-state index in [-0.39, 0.29) is 60.6 Å². The molecule has 3 heterocycles. The first kappa shape index (κ1) is 51.4. The molecule has 14 nitrogen and oxygen atoms in total. The van der Waals surface area contributed by atoms with Gasteiger partial charge in [0.2, 0.25) is 0 Å². The minimum atomic E-state index is -0.690. The number of anilines is 2. The van der Waals surface area contributed by atoms with E-state index in [1.165, 1.54) is 77.9 Å². The number of carbonyl (C=O) groups excluding carboxylic acids is 4. The number of alkyl carbamates (subject to hydrolysis) is 1. The lowest BCUT2D eigenvalue weighted by molar-refractivity contribution is 0.101. The Morgan fingerprint density at radius 2 is 1.17 bits per heavy atom. The number of hydrogen-bond donors (Lipinski definition) is 4. The number of ether oxygens (including phenoxy) is 2. The summed E-state index contributed by atoms with van der Waals surface area (Å²) in [5.74, 6) is -2.32. The monoisotopic (exact) mass is 978 g/mol. The van der Waals surface area contributed by atoms with Crippen molar-refractivity contribution < 1.29 is 46.2 Å². The van der Waals surface area contributed by atoms with Gasteiger partial charge in [0.15, 0.2) is 0 Å². The van der Waals surface area contributed by atoms with Gasteiger partial charge < -0.3 is 31.2 Å². The van der Waals surface area contributed by atoms with Crippen LogP contribution in [0.1, 0.15) is 90.4 Å². The molecule has 3 amide bonds. The summed E-state index contributed by atoms with van der Waals surface area (Å²) in [5.41, 5.74) is 11.7. The highest BCUT2D eigenvalue weighted by Gasteiger charge is 2.32. The lowest BCUT2D eigenvalue weighted by atomic mass is 10.0. The third-order valence-corrected chi connectivity index (χ3v) is 11.2. The Labute approximate surface area is 406 Å². The second-order valence-corrected chi connectivity index (χ2v) is 15.9. The van der Waals surface area contributed by atoms with Gasteiger partial charge in [-0.25, -0.2) is 36.7 Å². The third-order valence-electron chi connectivity index (χ3n) is 11.2. The first-order valence-electron chi connectivity index (χ1n) is 21.7. The van der Waals surface area contributed by atoms with Crippen molar-refractivity contribution in [3.8, 4) is 0 Å². The van der Waals surface area contributed by atoms with Crippen LogP contribution in [0.25, 0.3) is 0 Å². The van der Waals surface area contributed by atoms with Crippen molar-refractivity contribution in [3.05, 3.63) is 207 Å². The number of nitrogens with one attached hydrogen (secondary N) is 3. The molecule has 7 aromatic rings. The van der Waals surface area contributed by atoms with Crippen LogP contribution in [-0.4, -0.2) is 43.5 Å². The number of aromatic nitrogens is 4. The average Bonchev–Trinajstić information content (AvgIpc) is 4.13. The summed E-state index contributed by atoms with van der Waals surface area (Å²) in [6.07, 6.45) is 8.60. The van der Waals surface area contributed by atoms with Gasteiger partial charge in [-0.05, 0) is 147 Å². The molecule has 0 aliphatic heterocycles. The average molecular weight is 979 g/mol. The Morgan fingerprint density at radius 1 is 0.657 bits per heavy atom. The van der Waals surface area contributed by atoms with E-state index in [0.717, 1.165) is 0 Å². The number of halogens is 5. The van der Waals surface area contributed by atoms with Gasteiger partial charge in [0.05, 0.1) is 17.4 Å². The number of rotatable bonds is 9. The number of aryl methyl sites for hydroxylation is 2. The minimum Gasteiger partial charge on any atom is -0.443 e. The number of imidazole rings is 1. The zero-order chi connectivity index (χ0) is 49.0. The fourth-order valence-corrected chi connectivity index (χ4v) is 7.75. The summed E-state index contributed by atoms with van der Waals surface area (Å²) < 4.78 is 66.7. The van der Waals surface area contributed by atoms with Gasteiger partial charge >= 0.3 is 12.2 Å². The number of carbonyl (C=O) groups is 4. The lowest BCUT2D eigenvalue weighted by Gasteiger charge is -2.16. The maximum Gasteiger partial charge on any atom is 0.419 e. The van der Waals surface area contributed by atoms with Crippen molar-refractivity contribution in [2.24, 2.45) is 5.73 Å². The fourth-order valence-electron chi connectivity index (χ4n) is 7.75. The van der Waals surface area contributed by atoms with Crippen molar-refractivity contribution in [2.75, 3.05) is 10.6 Å². The van der Waals surface area contributed by atoms with Crippen LogP contribution in [0.5, 0.6) is 0 Å². The molecule has 2 atom stereocenters. The second kappa shape index (κ2) is 23.9. The molecular weight excluding hydrogens is 932 g/mol. The molecule has 0 radical (unpaired) electrons. The van der Waals surface area contributed by atoms with Crippen LogP contribution < -0.4 is 21.7 Å². The van der Waals surface area contributed by atoms with Gasteiger partial charge in [0, 0.05) is 64.5 Å². The predicted octanol–water partition coefficient (Wildman–Crippen LogP) is 10.2. The summed E-state index contributed by atoms with van der Waals surface area (Å²) in [6, 6.07) is 23.7. The van der Waals surface area contributed by atoms with Crippen molar-refractivity contribution in [3.63, 3.8) is 0 Å². The van der Waals surface area contributed by atoms with Crippen molar-refractivity contribution in [1.29, 1.82) is 0 Å². The van der Waals surface area contributed by atoms with Gasteiger partial charge in [-0.3, -0.25) is 19.6 Å². The van der Waals surface area contributed by atoms with Crippen LogP contribution >= 0.6 is 12.4 Å². The molecule has 9 rings (SSSR count). The number of benzene rings is 4. The van der Waals surface area contributed by atoms with Crippen LogP contribution in [0.15, 0.2) is 128 Å². The van der Waals surface area contributed by atoms with Gasteiger partial charge in [0.1, 0.15) is 42.8 Å². The standard InChI is InChI=1S/C24H21F2N3O3.C17H16F2N2O.C10H9N3O2.ClH/c1-14-12-15(5-8-19(14)25)28-23(30)18-6-9-20(26)22-17(18)7-10-21(22)29-24(31)32-13-16-4-2-3-11-27-16;1-9-8-10(2-5-13(9)18)21-17(22)12-3-6-14(19)16-11(12)4-7-15(16)20;14-10(13-6-5-11-8-13)15-7-9-3-1-2-4-12-9;/h2-6,8-9,11-12,21H,7,10,13H2,1H3,(H,28,30)(H,29,31);2-3,5-6,8,15H,4,7,20H2,1H3,(H,21,22);1-6,8H,7H2;1H/t21-;15-;;/m00../s1. The van der Waals surface area contributed by atoms with Gasteiger partial charge in [-0.1, -0.05) is 12.1 Å². The molecule has 19 heteroatoms. The van der Waals surface area contributed by atoms with E-state index in [1.54, 1.807) is 62.6 Å². The molecule has 5 N–H and O–H groups in total. The van der Waals surface area contributed by atoms with E-state index >= 15 is 0 Å². The molecule has 4 aromatic carbocycles. The van der Waals surface area contributed by atoms with E-state index in [2.05, 4.69) is 30.9 Å². The highest BCUT2D eigenvalue weighted by atomic mass is 35.5. The van der Waals surface area contributed by atoms with Crippen molar-refractivity contribution >= 4 is 47.8 Å². The molecule has 2 aliphatic rings. The van der Waals surface area contributed by atoms with Crippen LogP contribution in [0.3, 0.4) is 0 Å². The van der Waals surface area contributed by atoms with Crippen molar-refractivity contribution in [1.82, 2.24) is 24.8 Å². The van der Waals surface area contributed by atoms with E-state index < -0.39 is 30.0 Å². The quantitative estimate of drug-likeness (QED) is 0.101. The third kappa shape index (κ3) is 13.0. The maximum absolute atomic E-state index is 14.6. The molecule has 0 spiro atoms. The fraction of sp³-hybridized carbons (Fsp3) is 0.196. The second-order valence-electron chi connectivity index (χ2n) is 15.9. The minimum absolute atomic E-state index is 0. The number of nitrogens with two attached hydrogens (primary N) is 1. The molecule has 0 saturated carbocycles. The largest absolute Gasteiger partial charge is 0.443 e. The summed E-state index contributed by atoms with van der Waals surface area (Å²) in [4.78, 5) is 60.7. The summed E-state index contributed by atoms with van der Waals surface area (Å²) in [7, 11) is 0.